The van der Waals surface area contributed by atoms with Crippen LogP contribution in [0.25, 0.3) is 0 Å². The zero-order chi connectivity index (χ0) is 11.4. The molecule has 2 fully saturated rings. The average Bonchev–Trinajstić information content (AvgIpc) is 2.33. The van der Waals surface area contributed by atoms with Gasteiger partial charge in [0.2, 0.25) is 0 Å². The Labute approximate surface area is 97.2 Å². The number of carbonyl (C=O) groups is 2. The van der Waals surface area contributed by atoms with Gasteiger partial charge in [-0.3, -0.25) is 9.69 Å². The van der Waals surface area contributed by atoms with Crippen LogP contribution in [0.4, 0.5) is 0 Å². The molecule has 1 aliphatic carbocycles. The lowest BCUT2D eigenvalue weighted by Crippen LogP contribution is -2.43. The molecule has 1 unspecified atom stereocenters. The second-order valence-electron chi connectivity index (χ2n) is 5.18. The first-order valence-electron chi connectivity index (χ1n) is 6.50. The average molecular weight is 223 g/mol. The number of hydrogen-bond acceptors (Lipinski definition) is 3. The van der Waals surface area contributed by atoms with E-state index in [1.165, 1.54) is 12.8 Å². The fourth-order valence-corrected chi connectivity index (χ4v) is 2.91. The van der Waals surface area contributed by atoms with E-state index in [-0.39, 0.29) is 6.04 Å². The number of Topliss-reactive ketones (excluding diaryl/α,β-unsaturated/α-hetero) is 1. The molecule has 0 radical (unpaired) electrons. The Balaban J connectivity index is 1.83. The standard InChI is InChI=1S/C13H21NO2/c15-10-12-3-1-2-8-14(12)9-11-4-6-13(16)7-5-11/h10-12H,1-9H2. The van der Waals surface area contributed by atoms with Gasteiger partial charge in [-0.1, -0.05) is 6.42 Å². The zero-order valence-electron chi connectivity index (χ0n) is 9.86. The van der Waals surface area contributed by atoms with Crippen LogP contribution >= 0.6 is 0 Å². The van der Waals surface area contributed by atoms with Gasteiger partial charge in [0.15, 0.2) is 0 Å². The van der Waals surface area contributed by atoms with Crippen LogP contribution in [0.2, 0.25) is 0 Å². The third-order valence-corrected chi connectivity index (χ3v) is 3.98. The third-order valence-electron chi connectivity index (χ3n) is 3.98. The highest BCUT2D eigenvalue weighted by atomic mass is 16.1. The molecule has 0 amide bonds. The molecular weight excluding hydrogens is 202 g/mol. The lowest BCUT2D eigenvalue weighted by Gasteiger charge is -2.35. The smallest absolute Gasteiger partial charge is 0.137 e. The van der Waals surface area contributed by atoms with E-state index in [9.17, 15) is 9.59 Å². The maximum absolute atomic E-state index is 11.2. The number of hydrogen-bond donors (Lipinski definition) is 0. The van der Waals surface area contributed by atoms with E-state index in [4.69, 9.17) is 0 Å². The van der Waals surface area contributed by atoms with E-state index >= 15 is 0 Å². The van der Waals surface area contributed by atoms with E-state index in [0.717, 1.165) is 51.5 Å². The van der Waals surface area contributed by atoms with Crippen LogP contribution in [-0.4, -0.2) is 36.1 Å². The van der Waals surface area contributed by atoms with E-state index in [1.807, 2.05) is 0 Å². The van der Waals surface area contributed by atoms with Gasteiger partial charge in [0.1, 0.15) is 12.1 Å². The minimum absolute atomic E-state index is 0.145. The van der Waals surface area contributed by atoms with Gasteiger partial charge >= 0.3 is 0 Å². The first kappa shape index (κ1) is 11.8. The molecule has 2 rings (SSSR count). The van der Waals surface area contributed by atoms with Gasteiger partial charge in [0, 0.05) is 19.4 Å². The van der Waals surface area contributed by atoms with Crippen molar-refractivity contribution >= 4 is 12.1 Å². The number of aldehydes is 1. The van der Waals surface area contributed by atoms with Gasteiger partial charge in [0.25, 0.3) is 0 Å². The molecule has 2 aliphatic rings. The minimum atomic E-state index is 0.145. The van der Waals surface area contributed by atoms with Crippen LogP contribution in [0.3, 0.4) is 0 Å². The molecule has 16 heavy (non-hydrogen) atoms. The largest absolute Gasteiger partial charge is 0.302 e. The van der Waals surface area contributed by atoms with E-state index in [0.29, 0.717) is 11.7 Å². The molecule has 3 nitrogen and oxygen atoms in total. The fraction of sp³-hybridized carbons (Fsp3) is 0.846. The molecule has 0 bridgehead atoms. The summed E-state index contributed by atoms with van der Waals surface area (Å²) >= 11 is 0. The molecule has 1 heterocycles. The highest BCUT2D eigenvalue weighted by Gasteiger charge is 2.26. The van der Waals surface area contributed by atoms with E-state index in [2.05, 4.69) is 4.90 Å². The Morgan fingerprint density at radius 2 is 1.94 bits per heavy atom. The van der Waals surface area contributed by atoms with Crippen molar-refractivity contribution in [3.63, 3.8) is 0 Å². The Morgan fingerprint density at radius 3 is 2.62 bits per heavy atom. The zero-order valence-corrected chi connectivity index (χ0v) is 9.86. The number of rotatable bonds is 3. The number of ketones is 1. The summed E-state index contributed by atoms with van der Waals surface area (Å²) in [5.74, 6) is 1.06. The Kier molecular flexibility index (Phi) is 4.10. The van der Waals surface area contributed by atoms with Crippen molar-refractivity contribution in [2.75, 3.05) is 13.1 Å². The van der Waals surface area contributed by atoms with Crippen molar-refractivity contribution in [3.8, 4) is 0 Å². The van der Waals surface area contributed by atoms with Gasteiger partial charge in [0.05, 0.1) is 6.04 Å². The Hall–Kier alpha value is -0.700. The lowest BCUT2D eigenvalue weighted by atomic mass is 9.87. The summed E-state index contributed by atoms with van der Waals surface area (Å²) in [5.41, 5.74) is 0. The fourth-order valence-electron chi connectivity index (χ4n) is 2.91. The summed E-state index contributed by atoms with van der Waals surface area (Å²) in [6.07, 6.45) is 8.09. The topological polar surface area (TPSA) is 37.4 Å². The van der Waals surface area contributed by atoms with Crippen LogP contribution in [0, 0.1) is 5.92 Å². The third kappa shape index (κ3) is 2.91. The molecule has 3 heteroatoms. The number of carbonyl (C=O) groups excluding carboxylic acids is 2. The molecule has 0 aromatic heterocycles. The van der Waals surface area contributed by atoms with E-state index < -0.39 is 0 Å². The van der Waals surface area contributed by atoms with Gasteiger partial charge < -0.3 is 4.79 Å². The first-order valence-corrected chi connectivity index (χ1v) is 6.50. The van der Waals surface area contributed by atoms with Crippen molar-refractivity contribution in [1.82, 2.24) is 4.90 Å². The van der Waals surface area contributed by atoms with Crippen molar-refractivity contribution in [3.05, 3.63) is 0 Å². The Bertz CT molecular complexity index is 255. The molecule has 0 N–H and O–H groups in total. The summed E-state index contributed by atoms with van der Waals surface area (Å²) < 4.78 is 0. The van der Waals surface area contributed by atoms with Crippen molar-refractivity contribution in [2.45, 2.75) is 51.0 Å². The maximum Gasteiger partial charge on any atom is 0.137 e. The number of nitrogens with zero attached hydrogens (tertiary/aromatic N) is 1. The second kappa shape index (κ2) is 5.58. The lowest BCUT2D eigenvalue weighted by molar-refractivity contribution is -0.121. The molecule has 1 aliphatic heterocycles. The number of likely N-dealkylation sites (tertiary alicyclic amines) is 1. The molecule has 0 spiro atoms. The van der Waals surface area contributed by atoms with E-state index in [1.54, 1.807) is 0 Å². The Morgan fingerprint density at radius 1 is 1.19 bits per heavy atom. The van der Waals surface area contributed by atoms with Gasteiger partial charge in [-0.15, -0.1) is 0 Å². The highest BCUT2D eigenvalue weighted by molar-refractivity contribution is 5.79. The van der Waals surface area contributed by atoms with Crippen molar-refractivity contribution in [2.24, 2.45) is 5.92 Å². The highest BCUT2D eigenvalue weighted by Crippen LogP contribution is 2.25. The normalized spacial score (nSPS) is 29.2. The summed E-state index contributed by atoms with van der Waals surface area (Å²) in [7, 11) is 0. The first-order chi connectivity index (χ1) is 7.79. The van der Waals surface area contributed by atoms with Gasteiger partial charge in [-0.2, -0.15) is 0 Å². The summed E-state index contributed by atoms with van der Waals surface area (Å²) in [5, 5.41) is 0. The second-order valence-corrected chi connectivity index (χ2v) is 5.18. The van der Waals surface area contributed by atoms with Gasteiger partial charge in [-0.05, 0) is 38.1 Å². The summed E-state index contributed by atoms with van der Waals surface area (Å²) in [6.45, 7) is 2.09. The monoisotopic (exact) mass is 223 g/mol. The molecule has 1 saturated carbocycles. The molecule has 0 aromatic carbocycles. The molecule has 0 aromatic rings. The van der Waals surface area contributed by atoms with Crippen LogP contribution in [0.1, 0.15) is 44.9 Å². The molecular formula is C13H21NO2. The summed E-state index contributed by atoms with van der Waals surface area (Å²) in [4.78, 5) is 24.5. The summed E-state index contributed by atoms with van der Waals surface area (Å²) in [6, 6.07) is 0.145. The maximum atomic E-state index is 11.2. The minimum Gasteiger partial charge on any atom is -0.302 e. The molecule has 1 atom stereocenters. The van der Waals surface area contributed by atoms with Crippen LogP contribution in [0.5, 0.6) is 0 Å². The van der Waals surface area contributed by atoms with Crippen LogP contribution in [0.15, 0.2) is 0 Å². The van der Waals surface area contributed by atoms with Crippen LogP contribution in [-0.2, 0) is 9.59 Å². The quantitative estimate of drug-likeness (QED) is 0.685. The van der Waals surface area contributed by atoms with Crippen molar-refractivity contribution in [1.29, 1.82) is 0 Å². The molecule has 90 valence electrons. The predicted octanol–water partition coefficient (Wildman–Crippen LogP) is 1.80. The molecule has 1 saturated heterocycles. The van der Waals surface area contributed by atoms with Crippen molar-refractivity contribution < 1.29 is 9.59 Å². The predicted molar refractivity (Wildman–Crippen MR) is 62.2 cm³/mol. The number of piperidine rings is 1. The SMILES string of the molecule is O=CC1CCCCN1CC1CCC(=O)CC1. The van der Waals surface area contributed by atoms with Crippen LogP contribution < -0.4 is 0 Å². The van der Waals surface area contributed by atoms with Gasteiger partial charge in [-0.25, -0.2) is 0 Å².